The minimum absolute atomic E-state index is 0.203. The first-order valence-corrected chi connectivity index (χ1v) is 5.92. The number of hydrogen-bond acceptors (Lipinski definition) is 4. The number of rotatable bonds is 4. The summed E-state index contributed by atoms with van der Waals surface area (Å²) in [6.45, 7) is 2.55. The maximum absolute atomic E-state index is 11.0. The molecule has 1 heterocycles. The molecule has 5 heteroatoms. The van der Waals surface area contributed by atoms with E-state index in [0.29, 0.717) is 6.54 Å². The van der Waals surface area contributed by atoms with Gasteiger partial charge in [0, 0.05) is 18.9 Å². The van der Waals surface area contributed by atoms with Crippen molar-refractivity contribution in [1.82, 2.24) is 9.97 Å². The van der Waals surface area contributed by atoms with Crippen molar-refractivity contribution in [3.8, 4) is 0 Å². The summed E-state index contributed by atoms with van der Waals surface area (Å²) >= 11 is 0. The number of carboxylic acids is 1. The van der Waals surface area contributed by atoms with Crippen LogP contribution in [0.15, 0.2) is 12.4 Å². The average molecular weight is 235 g/mol. The second kappa shape index (κ2) is 5.12. The van der Waals surface area contributed by atoms with E-state index >= 15 is 0 Å². The van der Waals surface area contributed by atoms with E-state index < -0.39 is 5.97 Å². The zero-order valence-corrected chi connectivity index (χ0v) is 9.89. The largest absolute Gasteiger partial charge is 0.481 e. The molecule has 0 radical (unpaired) electrons. The second-order valence-electron chi connectivity index (χ2n) is 4.51. The van der Waals surface area contributed by atoms with Gasteiger partial charge in [0.2, 0.25) is 0 Å². The summed E-state index contributed by atoms with van der Waals surface area (Å²) in [4.78, 5) is 19.4. The average Bonchev–Trinajstić information content (AvgIpc) is 2.76. The Kier molecular flexibility index (Phi) is 3.56. The number of hydrogen-bond donors (Lipinski definition) is 2. The Balaban J connectivity index is 1.94. The number of aromatic nitrogens is 2. The first-order chi connectivity index (χ1) is 8.18. The van der Waals surface area contributed by atoms with E-state index in [1.165, 1.54) is 0 Å². The van der Waals surface area contributed by atoms with Crippen LogP contribution in [-0.4, -0.2) is 27.6 Å². The molecule has 0 spiro atoms. The maximum Gasteiger partial charge on any atom is 0.306 e. The van der Waals surface area contributed by atoms with E-state index in [1.54, 1.807) is 12.4 Å². The lowest BCUT2D eigenvalue weighted by molar-refractivity contribution is -0.142. The topological polar surface area (TPSA) is 75.1 Å². The first-order valence-electron chi connectivity index (χ1n) is 5.92. The van der Waals surface area contributed by atoms with Gasteiger partial charge in [0.25, 0.3) is 0 Å². The van der Waals surface area contributed by atoms with Crippen LogP contribution in [0.5, 0.6) is 0 Å². The lowest BCUT2D eigenvalue weighted by atomic mass is 9.96. The van der Waals surface area contributed by atoms with Crippen LogP contribution in [0, 0.1) is 18.8 Å². The van der Waals surface area contributed by atoms with Gasteiger partial charge >= 0.3 is 5.97 Å². The Hall–Kier alpha value is -1.65. The normalized spacial score (nSPS) is 23.6. The monoisotopic (exact) mass is 235 g/mol. The number of nitrogens with one attached hydrogen (secondary N) is 1. The van der Waals surface area contributed by atoms with Gasteiger partial charge < -0.3 is 10.4 Å². The van der Waals surface area contributed by atoms with Crippen molar-refractivity contribution in [1.29, 1.82) is 0 Å². The molecule has 1 aliphatic rings. The van der Waals surface area contributed by atoms with Crippen LogP contribution in [0.25, 0.3) is 0 Å². The third-order valence-corrected chi connectivity index (χ3v) is 3.39. The number of aliphatic carboxylic acids is 1. The van der Waals surface area contributed by atoms with Crippen molar-refractivity contribution >= 4 is 11.8 Å². The quantitative estimate of drug-likeness (QED) is 0.830. The summed E-state index contributed by atoms with van der Waals surface area (Å²) in [6.07, 6.45) is 6.06. The van der Waals surface area contributed by atoms with Gasteiger partial charge in [0.15, 0.2) is 0 Å². The SMILES string of the molecule is Cc1nccnc1NCC1CCCC1C(=O)O. The third kappa shape index (κ3) is 2.72. The van der Waals surface area contributed by atoms with Gasteiger partial charge in [0.1, 0.15) is 5.82 Å². The van der Waals surface area contributed by atoms with Crippen molar-refractivity contribution in [2.45, 2.75) is 26.2 Å². The number of carboxylic acid groups (broad SMARTS) is 1. The third-order valence-electron chi connectivity index (χ3n) is 3.39. The molecule has 0 bridgehead atoms. The smallest absolute Gasteiger partial charge is 0.306 e. The summed E-state index contributed by atoms with van der Waals surface area (Å²) in [6, 6.07) is 0. The molecule has 1 saturated carbocycles. The van der Waals surface area contributed by atoms with Crippen molar-refractivity contribution in [3.63, 3.8) is 0 Å². The molecule has 0 amide bonds. The highest BCUT2D eigenvalue weighted by Crippen LogP contribution is 2.32. The molecule has 2 unspecified atom stereocenters. The van der Waals surface area contributed by atoms with Gasteiger partial charge in [-0.25, -0.2) is 4.98 Å². The molecule has 0 aromatic carbocycles. The van der Waals surface area contributed by atoms with Gasteiger partial charge in [-0.15, -0.1) is 0 Å². The molecule has 1 aliphatic carbocycles. The Morgan fingerprint density at radius 2 is 2.24 bits per heavy atom. The van der Waals surface area contributed by atoms with Crippen LogP contribution in [-0.2, 0) is 4.79 Å². The molecular formula is C12H17N3O2. The molecule has 1 fully saturated rings. The molecule has 1 aromatic heterocycles. The maximum atomic E-state index is 11.0. The number of aryl methyl sites for hydroxylation is 1. The second-order valence-corrected chi connectivity index (χ2v) is 4.51. The van der Waals surface area contributed by atoms with Crippen molar-refractivity contribution in [2.75, 3.05) is 11.9 Å². The highest BCUT2D eigenvalue weighted by molar-refractivity contribution is 5.70. The molecule has 92 valence electrons. The standard InChI is InChI=1S/C12H17N3O2/c1-8-11(14-6-5-13-8)15-7-9-3-2-4-10(9)12(16)17/h5-6,9-10H,2-4,7H2,1H3,(H,14,15)(H,16,17). The predicted molar refractivity (Wildman–Crippen MR) is 63.7 cm³/mol. The van der Waals surface area contributed by atoms with E-state index in [1.807, 2.05) is 6.92 Å². The van der Waals surface area contributed by atoms with Crippen LogP contribution < -0.4 is 5.32 Å². The predicted octanol–water partition coefficient (Wildman–Crippen LogP) is 1.70. The van der Waals surface area contributed by atoms with E-state index in [4.69, 9.17) is 5.11 Å². The molecular weight excluding hydrogens is 218 g/mol. The summed E-state index contributed by atoms with van der Waals surface area (Å²) in [5, 5.41) is 12.3. The van der Waals surface area contributed by atoms with Crippen LogP contribution >= 0.6 is 0 Å². The first kappa shape index (κ1) is 11.8. The zero-order chi connectivity index (χ0) is 12.3. The molecule has 17 heavy (non-hydrogen) atoms. The van der Waals surface area contributed by atoms with Crippen molar-refractivity contribution in [3.05, 3.63) is 18.1 Å². The lowest BCUT2D eigenvalue weighted by Gasteiger charge is -2.17. The minimum Gasteiger partial charge on any atom is -0.481 e. The molecule has 1 aromatic rings. The molecule has 2 N–H and O–H groups in total. The van der Waals surface area contributed by atoms with Crippen molar-refractivity contribution in [2.24, 2.45) is 11.8 Å². The fourth-order valence-corrected chi connectivity index (χ4v) is 2.42. The number of carbonyl (C=O) groups is 1. The Morgan fingerprint density at radius 3 is 2.94 bits per heavy atom. The highest BCUT2D eigenvalue weighted by Gasteiger charge is 2.32. The van der Waals surface area contributed by atoms with E-state index in [-0.39, 0.29) is 11.8 Å². The van der Waals surface area contributed by atoms with Crippen LogP contribution in [0.3, 0.4) is 0 Å². The minimum atomic E-state index is -0.676. The summed E-state index contributed by atoms with van der Waals surface area (Å²) < 4.78 is 0. The van der Waals surface area contributed by atoms with Gasteiger partial charge in [0.05, 0.1) is 11.6 Å². The zero-order valence-electron chi connectivity index (χ0n) is 9.89. The Bertz CT molecular complexity index is 408. The molecule has 2 atom stereocenters. The molecule has 0 aliphatic heterocycles. The summed E-state index contributed by atoms with van der Waals surface area (Å²) in [7, 11) is 0. The lowest BCUT2D eigenvalue weighted by Crippen LogP contribution is -2.25. The van der Waals surface area contributed by atoms with E-state index in [0.717, 1.165) is 30.8 Å². The van der Waals surface area contributed by atoms with Gasteiger partial charge in [-0.2, -0.15) is 0 Å². The summed E-state index contributed by atoms with van der Waals surface area (Å²) in [5.41, 5.74) is 0.845. The highest BCUT2D eigenvalue weighted by atomic mass is 16.4. The Morgan fingerprint density at radius 1 is 1.47 bits per heavy atom. The van der Waals surface area contributed by atoms with E-state index in [2.05, 4.69) is 15.3 Å². The fourth-order valence-electron chi connectivity index (χ4n) is 2.42. The van der Waals surface area contributed by atoms with Crippen LogP contribution in [0.4, 0.5) is 5.82 Å². The fraction of sp³-hybridized carbons (Fsp3) is 0.583. The Labute approximate surface area is 100 Å². The summed E-state index contributed by atoms with van der Waals surface area (Å²) in [5.74, 6) is 0.0714. The number of nitrogens with zero attached hydrogens (tertiary/aromatic N) is 2. The van der Waals surface area contributed by atoms with Crippen LogP contribution in [0.2, 0.25) is 0 Å². The molecule has 5 nitrogen and oxygen atoms in total. The van der Waals surface area contributed by atoms with Gasteiger partial charge in [-0.3, -0.25) is 9.78 Å². The molecule has 0 saturated heterocycles. The van der Waals surface area contributed by atoms with E-state index in [9.17, 15) is 4.79 Å². The molecule has 2 rings (SSSR count). The van der Waals surface area contributed by atoms with Crippen molar-refractivity contribution < 1.29 is 9.90 Å². The van der Waals surface area contributed by atoms with Gasteiger partial charge in [-0.05, 0) is 25.7 Å². The number of anilines is 1. The van der Waals surface area contributed by atoms with Crippen LogP contribution in [0.1, 0.15) is 25.0 Å². The van der Waals surface area contributed by atoms with Gasteiger partial charge in [-0.1, -0.05) is 6.42 Å².